The minimum atomic E-state index is -0.811. The monoisotopic (exact) mass is 289 g/mol. The summed E-state index contributed by atoms with van der Waals surface area (Å²) in [7, 11) is 0. The topological polar surface area (TPSA) is 12.0 Å². The highest BCUT2D eigenvalue weighted by molar-refractivity contribution is 5.42. The molecule has 0 radical (unpaired) electrons. The van der Waals surface area contributed by atoms with Gasteiger partial charge in [-0.15, -0.1) is 0 Å². The van der Waals surface area contributed by atoms with E-state index in [9.17, 15) is 8.78 Å². The fourth-order valence-electron chi connectivity index (χ4n) is 2.65. The van der Waals surface area contributed by atoms with Gasteiger partial charge in [0.25, 0.3) is 0 Å². The van der Waals surface area contributed by atoms with E-state index in [1.165, 1.54) is 12.1 Å². The number of hydrogen-bond acceptors (Lipinski definition) is 1. The maximum atomic E-state index is 13.6. The van der Waals surface area contributed by atoms with E-state index in [1.807, 2.05) is 32.0 Å². The molecule has 112 valence electrons. The standard InChI is InChI=1S/C18H21F2N/c1-4-10-21-18(14-8-9-15(19)16(20)11-14)17-12(2)6-5-7-13(17)3/h5-9,11,18,21H,4,10H2,1-3H3. The summed E-state index contributed by atoms with van der Waals surface area (Å²) in [6.07, 6.45) is 0.977. The molecule has 2 aromatic carbocycles. The Kier molecular flexibility index (Phi) is 5.07. The van der Waals surface area contributed by atoms with Gasteiger partial charge in [0, 0.05) is 0 Å². The summed E-state index contributed by atoms with van der Waals surface area (Å²) >= 11 is 0. The van der Waals surface area contributed by atoms with Crippen molar-refractivity contribution < 1.29 is 8.78 Å². The summed E-state index contributed by atoms with van der Waals surface area (Å²) in [6.45, 7) is 6.99. The summed E-state index contributed by atoms with van der Waals surface area (Å²) in [5.74, 6) is -1.61. The number of halogens is 2. The highest BCUT2D eigenvalue weighted by Crippen LogP contribution is 2.28. The molecule has 1 unspecified atom stereocenters. The molecule has 0 amide bonds. The SMILES string of the molecule is CCCNC(c1ccc(F)c(F)c1)c1c(C)cccc1C. The van der Waals surface area contributed by atoms with Gasteiger partial charge in [-0.1, -0.05) is 31.2 Å². The van der Waals surface area contributed by atoms with Gasteiger partial charge in [0.1, 0.15) is 0 Å². The molecule has 0 aromatic heterocycles. The Hall–Kier alpha value is -1.74. The lowest BCUT2D eigenvalue weighted by atomic mass is 9.91. The van der Waals surface area contributed by atoms with Crippen molar-refractivity contribution >= 4 is 0 Å². The second-order valence-electron chi connectivity index (χ2n) is 5.37. The predicted molar refractivity (Wildman–Crippen MR) is 82.4 cm³/mol. The Morgan fingerprint density at radius 3 is 2.24 bits per heavy atom. The highest BCUT2D eigenvalue weighted by atomic mass is 19.2. The van der Waals surface area contributed by atoms with Crippen molar-refractivity contribution in [3.8, 4) is 0 Å². The first kappa shape index (κ1) is 15.6. The lowest BCUT2D eigenvalue weighted by Gasteiger charge is -2.23. The molecule has 3 heteroatoms. The van der Waals surface area contributed by atoms with Crippen LogP contribution in [0.4, 0.5) is 8.78 Å². The van der Waals surface area contributed by atoms with Crippen LogP contribution >= 0.6 is 0 Å². The second-order valence-corrected chi connectivity index (χ2v) is 5.37. The van der Waals surface area contributed by atoms with E-state index < -0.39 is 11.6 Å². The molecule has 21 heavy (non-hydrogen) atoms. The third-order valence-corrected chi connectivity index (χ3v) is 3.71. The molecule has 0 aliphatic rings. The van der Waals surface area contributed by atoms with Gasteiger partial charge < -0.3 is 5.32 Å². The number of benzene rings is 2. The molecule has 0 aliphatic heterocycles. The number of aryl methyl sites for hydroxylation is 2. The Balaban J connectivity index is 2.49. The highest BCUT2D eigenvalue weighted by Gasteiger charge is 2.18. The summed E-state index contributed by atoms with van der Waals surface area (Å²) in [5.41, 5.74) is 4.18. The molecule has 0 heterocycles. The van der Waals surface area contributed by atoms with Crippen molar-refractivity contribution in [3.63, 3.8) is 0 Å². The molecule has 1 N–H and O–H groups in total. The first-order valence-corrected chi connectivity index (χ1v) is 7.29. The van der Waals surface area contributed by atoms with Gasteiger partial charge in [0.05, 0.1) is 6.04 Å². The van der Waals surface area contributed by atoms with E-state index in [2.05, 4.69) is 12.2 Å². The molecular weight excluding hydrogens is 268 g/mol. The van der Waals surface area contributed by atoms with Gasteiger partial charge in [-0.25, -0.2) is 8.78 Å². The first-order valence-electron chi connectivity index (χ1n) is 7.29. The third kappa shape index (κ3) is 3.48. The number of nitrogens with one attached hydrogen (secondary N) is 1. The van der Waals surface area contributed by atoms with Crippen LogP contribution in [0.15, 0.2) is 36.4 Å². The van der Waals surface area contributed by atoms with Gasteiger partial charge in [-0.3, -0.25) is 0 Å². The summed E-state index contributed by atoms with van der Waals surface area (Å²) in [5, 5.41) is 3.44. The molecule has 1 atom stereocenters. The van der Waals surface area contributed by atoms with Gasteiger partial charge in [0.2, 0.25) is 0 Å². The van der Waals surface area contributed by atoms with Crippen LogP contribution in [0.25, 0.3) is 0 Å². The summed E-state index contributed by atoms with van der Waals surface area (Å²) in [6, 6.07) is 10.1. The maximum absolute atomic E-state index is 13.6. The minimum Gasteiger partial charge on any atom is -0.306 e. The first-order chi connectivity index (χ1) is 10.0. The Morgan fingerprint density at radius 2 is 1.67 bits per heavy atom. The fourth-order valence-corrected chi connectivity index (χ4v) is 2.65. The van der Waals surface area contributed by atoms with E-state index >= 15 is 0 Å². The molecule has 2 aromatic rings. The van der Waals surface area contributed by atoms with E-state index in [0.717, 1.165) is 35.2 Å². The predicted octanol–water partition coefficient (Wildman–Crippen LogP) is 4.67. The lowest BCUT2D eigenvalue weighted by Crippen LogP contribution is -2.25. The molecule has 2 rings (SSSR count). The molecule has 1 nitrogen and oxygen atoms in total. The Labute approximate surface area is 125 Å². The molecule has 0 saturated heterocycles. The average Bonchev–Trinajstić information content (AvgIpc) is 2.45. The normalized spacial score (nSPS) is 12.4. The van der Waals surface area contributed by atoms with E-state index in [-0.39, 0.29) is 6.04 Å². The van der Waals surface area contributed by atoms with Crippen molar-refractivity contribution in [3.05, 3.63) is 70.3 Å². The largest absolute Gasteiger partial charge is 0.306 e. The molecule has 0 aliphatic carbocycles. The molecule has 0 spiro atoms. The zero-order valence-corrected chi connectivity index (χ0v) is 12.7. The van der Waals surface area contributed by atoms with Crippen molar-refractivity contribution in [2.75, 3.05) is 6.54 Å². The molecule has 0 bridgehead atoms. The molecular formula is C18H21F2N. The van der Waals surface area contributed by atoms with Gasteiger partial charge >= 0.3 is 0 Å². The Morgan fingerprint density at radius 1 is 1.00 bits per heavy atom. The van der Waals surface area contributed by atoms with Crippen LogP contribution < -0.4 is 5.32 Å². The molecule has 0 saturated carbocycles. The number of rotatable bonds is 5. The fraction of sp³-hybridized carbons (Fsp3) is 0.333. The second kappa shape index (κ2) is 6.81. The zero-order valence-electron chi connectivity index (χ0n) is 12.7. The van der Waals surface area contributed by atoms with Crippen molar-refractivity contribution in [2.45, 2.75) is 33.2 Å². The van der Waals surface area contributed by atoms with Gasteiger partial charge in [-0.05, 0) is 61.2 Å². The third-order valence-electron chi connectivity index (χ3n) is 3.71. The van der Waals surface area contributed by atoms with Crippen LogP contribution in [-0.4, -0.2) is 6.54 Å². The minimum absolute atomic E-state index is 0.124. The zero-order chi connectivity index (χ0) is 15.4. The van der Waals surface area contributed by atoms with Gasteiger partial charge in [-0.2, -0.15) is 0 Å². The van der Waals surface area contributed by atoms with Crippen LogP contribution in [0.1, 0.15) is 41.6 Å². The smallest absolute Gasteiger partial charge is 0.159 e. The van der Waals surface area contributed by atoms with Crippen LogP contribution in [-0.2, 0) is 0 Å². The summed E-state index contributed by atoms with van der Waals surface area (Å²) < 4.78 is 26.8. The number of hydrogen-bond donors (Lipinski definition) is 1. The van der Waals surface area contributed by atoms with Gasteiger partial charge in [0.15, 0.2) is 11.6 Å². The van der Waals surface area contributed by atoms with Crippen LogP contribution in [0, 0.1) is 25.5 Å². The maximum Gasteiger partial charge on any atom is 0.159 e. The lowest BCUT2D eigenvalue weighted by molar-refractivity contribution is 0.503. The average molecular weight is 289 g/mol. The van der Waals surface area contributed by atoms with Crippen LogP contribution in [0.5, 0.6) is 0 Å². The van der Waals surface area contributed by atoms with Crippen molar-refractivity contribution in [1.82, 2.24) is 5.32 Å². The van der Waals surface area contributed by atoms with E-state index in [4.69, 9.17) is 0 Å². The molecule has 0 fully saturated rings. The Bertz CT molecular complexity index is 602. The van der Waals surface area contributed by atoms with Crippen LogP contribution in [0.3, 0.4) is 0 Å². The van der Waals surface area contributed by atoms with E-state index in [0.29, 0.717) is 0 Å². The quantitative estimate of drug-likeness (QED) is 0.843. The summed E-state index contributed by atoms with van der Waals surface area (Å²) in [4.78, 5) is 0. The van der Waals surface area contributed by atoms with Crippen molar-refractivity contribution in [1.29, 1.82) is 0 Å². The van der Waals surface area contributed by atoms with Crippen LogP contribution in [0.2, 0.25) is 0 Å². The van der Waals surface area contributed by atoms with Crippen molar-refractivity contribution in [2.24, 2.45) is 0 Å². The van der Waals surface area contributed by atoms with E-state index in [1.54, 1.807) is 6.07 Å².